The van der Waals surface area contributed by atoms with E-state index in [1.165, 1.54) is 0 Å². The molecule has 0 fully saturated rings. The monoisotopic (exact) mass is 195 g/mol. The number of carbonyl (C=O) groups is 3. The molecule has 1 amide bonds. The Morgan fingerprint density at radius 2 is 2.29 bits per heavy atom. The van der Waals surface area contributed by atoms with Gasteiger partial charge in [0.25, 0.3) is 5.91 Å². The molecule has 0 aliphatic carbocycles. The number of aromatic carboxylic acids is 1. The van der Waals surface area contributed by atoms with Crippen molar-refractivity contribution < 1.29 is 19.5 Å². The average molecular weight is 195 g/mol. The standard InChI is InChI=1S/C7H5N3O4/c11-5-2-6(12)10-4(8-5)1-3(9-10)7(13)14/h1H,2H2,(H,8,11)(H,13,14). The van der Waals surface area contributed by atoms with Gasteiger partial charge in [-0.05, 0) is 0 Å². The van der Waals surface area contributed by atoms with Gasteiger partial charge in [0.15, 0.2) is 5.69 Å². The van der Waals surface area contributed by atoms with Gasteiger partial charge >= 0.3 is 5.97 Å². The van der Waals surface area contributed by atoms with Gasteiger partial charge in [0.1, 0.15) is 12.2 Å². The number of carboxylic acid groups (broad SMARTS) is 1. The van der Waals surface area contributed by atoms with Crippen molar-refractivity contribution in [2.24, 2.45) is 0 Å². The maximum Gasteiger partial charge on any atom is 0.356 e. The van der Waals surface area contributed by atoms with Gasteiger partial charge in [0.05, 0.1) is 0 Å². The van der Waals surface area contributed by atoms with Crippen LogP contribution in [0.2, 0.25) is 0 Å². The molecule has 0 unspecified atom stereocenters. The largest absolute Gasteiger partial charge is 0.476 e. The zero-order valence-corrected chi connectivity index (χ0v) is 6.85. The van der Waals surface area contributed by atoms with E-state index in [1.807, 2.05) is 0 Å². The molecule has 2 N–H and O–H groups in total. The number of amides is 1. The van der Waals surface area contributed by atoms with Crippen molar-refractivity contribution >= 4 is 23.6 Å². The fraction of sp³-hybridized carbons (Fsp3) is 0.143. The van der Waals surface area contributed by atoms with Crippen molar-refractivity contribution in [3.63, 3.8) is 0 Å². The molecular formula is C7H5N3O4. The second-order valence-corrected chi connectivity index (χ2v) is 2.75. The first-order valence-electron chi connectivity index (χ1n) is 3.74. The van der Waals surface area contributed by atoms with Gasteiger partial charge in [0, 0.05) is 6.07 Å². The maximum atomic E-state index is 11.2. The molecule has 0 spiro atoms. The number of carboxylic acids is 1. The molecule has 1 aromatic rings. The Kier molecular flexibility index (Phi) is 1.60. The highest BCUT2D eigenvalue weighted by Crippen LogP contribution is 2.15. The molecule has 0 bridgehead atoms. The zero-order valence-electron chi connectivity index (χ0n) is 6.85. The highest BCUT2D eigenvalue weighted by Gasteiger charge is 2.25. The number of carbonyl (C=O) groups excluding carboxylic acids is 2. The van der Waals surface area contributed by atoms with E-state index >= 15 is 0 Å². The van der Waals surface area contributed by atoms with Gasteiger partial charge in [-0.1, -0.05) is 0 Å². The van der Waals surface area contributed by atoms with E-state index in [9.17, 15) is 14.4 Å². The van der Waals surface area contributed by atoms with Gasteiger partial charge in [-0.15, -0.1) is 0 Å². The molecule has 2 rings (SSSR count). The van der Waals surface area contributed by atoms with E-state index in [-0.39, 0.29) is 17.9 Å². The normalized spacial score (nSPS) is 14.9. The number of fused-ring (bicyclic) bond motifs is 1. The number of aromatic nitrogens is 2. The summed E-state index contributed by atoms with van der Waals surface area (Å²) in [6, 6.07) is 1.14. The Labute approximate surface area is 77.3 Å². The van der Waals surface area contributed by atoms with Crippen LogP contribution in [0.1, 0.15) is 21.7 Å². The third-order valence-corrected chi connectivity index (χ3v) is 1.74. The molecule has 14 heavy (non-hydrogen) atoms. The molecule has 72 valence electrons. The number of hydrogen-bond donors (Lipinski definition) is 2. The van der Waals surface area contributed by atoms with Crippen molar-refractivity contribution in [2.75, 3.05) is 5.32 Å². The van der Waals surface area contributed by atoms with E-state index in [1.54, 1.807) is 0 Å². The zero-order chi connectivity index (χ0) is 10.3. The number of nitrogens with zero attached hydrogens (tertiary/aromatic N) is 2. The van der Waals surface area contributed by atoms with E-state index < -0.39 is 17.8 Å². The van der Waals surface area contributed by atoms with Gasteiger partial charge in [-0.25, -0.2) is 4.79 Å². The molecule has 0 saturated heterocycles. The van der Waals surface area contributed by atoms with Crippen molar-refractivity contribution in [3.8, 4) is 0 Å². The molecule has 2 heterocycles. The highest BCUT2D eigenvalue weighted by molar-refractivity contribution is 6.09. The SMILES string of the molecule is O=C1CC(=O)n2nc(C(=O)O)cc2N1. The van der Waals surface area contributed by atoms with Crippen molar-refractivity contribution in [1.82, 2.24) is 9.78 Å². The molecule has 1 aromatic heterocycles. The van der Waals surface area contributed by atoms with E-state index in [0.29, 0.717) is 0 Å². The second-order valence-electron chi connectivity index (χ2n) is 2.75. The highest BCUT2D eigenvalue weighted by atomic mass is 16.4. The van der Waals surface area contributed by atoms with Crippen LogP contribution in [-0.4, -0.2) is 32.7 Å². The first kappa shape index (κ1) is 8.42. The molecular weight excluding hydrogens is 190 g/mol. The van der Waals surface area contributed by atoms with E-state index in [4.69, 9.17) is 5.11 Å². The van der Waals surface area contributed by atoms with Crippen molar-refractivity contribution in [3.05, 3.63) is 11.8 Å². The lowest BCUT2D eigenvalue weighted by Gasteiger charge is -2.11. The Hall–Kier alpha value is -2.18. The Morgan fingerprint density at radius 3 is 2.93 bits per heavy atom. The van der Waals surface area contributed by atoms with Gasteiger partial charge in [-0.3, -0.25) is 9.59 Å². The summed E-state index contributed by atoms with van der Waals surface area (Å²) in [6.07, 6.45) is -0.312. The molecule has 0 atom stereocenters. The van der Waals surface area contributed by atoms with Crippen LogP contribution in [0.4, 0.5) is 5.82 Å². The minimum atomic E-state index is -1.24. The quantitative estimate of drug-likeness (QED) is 0.591. The van der Waals surface area contributed by atoms with Crippen LogP contribution in [-0.2, 0) is 4.79 Å². The maximum absolute atomic E-state index is 11.2. The Balaban J connectivity index is 2.50. The topological polar surface area (TPSA) is 101 Å². The third-order valence-electron chi connectivity index (χ3n) is 1.74. The smallest absolute Gasteiger partial charge is 0.356 e. The molecule has 7 nitrogen and oxygen atoms in total. The van der Waals surface area contributed by atoms with E-state index in [2.05, 4.69) is 10.4 Å². The lowest BCUT2D eigenvalue weighted by Crippen LogP contribution is -2.29. The van der Waals surface area contributed by atoms with E-state index in [0.717, 1.165) is 10.7 Å². The third kappa shape index (κ3) is 1.15. The summed E-state index contributed by atoms with van der Waals surface area (Å²) < 4.78 is 0.880. The van der Waals surface area contributed by atoms with Crippen LogP contribution in [0.5, 0.6) is 0 Å². The molecule has 0 saturated carbocycles. The molecule has 1 aliphatic heterocycles. The molecule has 1 aliphatic rings. The molecule has 0 radical (unpaired) electrons. The predicted octanol–water partition coefficient (Wildman–Crippen LogP) is -0.436. The molecule has 7 heteroatoms. The minimum Gasteiger partial charge on any atom is -0.476 e. The van der Waals surface area contributed by atoms with Crippen LogP contribution < -0.4 is 5.32 Å². The predicted molar refractivity (Wildman–Crippen MR) is 43.1 cm³/mol. The Morgan fingerprint density at radius 1 is 1.57 bits per heavy atom. The van der Waals surface area contributed by atoms with Gasteiger partial charge in [0.2, 0.25) is 5.91 Å². The summed E-state index contributed by atoms with van der Waals surface area (Å²) >= 11 is 0. The van der Waals surface area contributed by atoms with Gasteiger partial charge in [-0.2, -0.15) is 9.78 Å². The first-order valence-corrected chi connectivity index (χ1v) is 3.74. The van der Waals surface area contributed by atoms with Crippen molar-refractivity contribution in [2.45, 2.75) is 6.42 Å². The minimum absolute atomic E-state index is 0.101. The number of rotatable bonds is 1. The first-order chi connectivity index (χ1) is 6.58. The lowest BCUT2D eigenvalue weighted by molar-refractivity contribution is -0.115. The van der Waals surface area contributed by atoms with Crippen molar-refractivity contribution in [1.29, 1.82) is 0 Å². The Bertz CT molecular complexity index is 448. The summed E-state index contributed by atoms with van der Waals surface area (Å²) in [5.74, 6) is -2.13. The van der Waals surface area contributed by atoms with Crippen LogP contribution in [0.25, 0.3) is 0 Å². The van der Waals surface area contributed by atoms with Crippen LogP contribution >= 0.6 is 0 Å². The number of hydrogen-bond acceptors (Lipinski definition) is 4. The van der Waals surface area contributed by atoms with Crippen LogP contribution in [0, 0.1) is 0 Å². The summed E-state index contributed by atoms with van der Waals surface area (Å²) in [7, 11) is 0. The number of anilines is 1. The summed E-state index contributed by atoms with van der Waals surface area (Å²) in [4.78, 5) is 32.6. The van der Waals surface area contributed by atoms with Gasteiger partial charge < -0.3 is 10.4 Å². The average Bonchev–Trinajstić information content (AvgIpc) is 2.47. The molecule has 0 aromatic carbocycles. The second kappa shape index (κ2) is 2.66. The fourth-order valence-electron chi connectivity index (χ4n) is 1.16. The summed E-state index contributed by atoms with van der Waals surface area (Å²) in [6.45, 7) is 0. The van der Waals surface area contributed by atoms with Crippen LogP contribution in [0.15, 0.2) is 6.07 Å². The summed E-state index contributed by atoms with van der Waals surface area (Å²) in [5, 5.41) is 14.4. The number of nitrogens with one attached hydrogen (secondary N) is 1. The fourth-order valence-corrected chi connectivity index (χ4v) is 1.16. The lowest BCUT2D eigenvalue weighted by atomic mass is 10.3. The summed E-state index contributed by atoms with van der Waals surface area (Å²) in [5.41, 5.74) is -0.268. The van der Waals surface area contributed by atoms with Crippen LogP contribution in [0.3, 0.4) is 0 Å².